The predicted molar refractivity (Wildman–Crippen MR) is 104 cm³/mol. The smallest absolute Gasteiger partial charge is 0.196 e. The van der Waals surface area contributed by atoms with E-state index in [0.29, 0.717) is 11.4 Å². The monoisotopic (exact) mass is 359 g/mol. The fourth-order valence-electron chi connectivity index (χ4n) is 2.73. The number of nitrogens with zero attached hydrogens (tertiary/aromatic N) is 3. The summed E-state index contributed by atoms with van der Waals surface area (Å²) in [6, 6.07) is 27.4. The zero-order valence-corrected chi connectivity index (χ0v) is 14.8. The van der Waals surface area contributed by atoms with Gasteiger partial charge >= 0.3 is 0 Å². The van der Waals surface area contributed by atoms with Gasteiger partial charge in [0.25, 0.3) is 0 Å². The molecule has 0 amide bonds. The normalized spacial score (nSPS) is 10.8. The van der Waals surface area contributed by atoms with Crippen molar-refractivity contribution in [1.29, 1.82) is 0 Å². The SMILES string of the molecule is Oc1ccccc1-c1nnc(SCc2ccccc2)n1-c1ccccc1. The Labute approximate surface area is 156 Å². The lowest BCUT2D eigenvalue weighted by molar-refractivity contribution is 0.476. The summed E-state index contributed by atoms with van der Waals surface area (Å²) >= 11 is 1.62. The number of aromatic hydroxyl groups is 1. The van der Waals surface area contributed by atoms with E-state index in [1.807, 2.05) is 65.2 Å². The van der Waals surface area contributed by atoms with Crippen LogP contribution in [0.2, 0.25) is 0 Å². The van der Waals surface area contributed by atoms with Crippen molar-refractivity contribution >= 4 is 11.8 Å². The van der Waals surface area contributed by atoms with Gasteiger partial charge in [0.2, 0.25) is 0 Å². The van der Waals surface area contributed by atoms with Gasteiger partial charge in [-0.2, -0.15) is 0 Å². The van der Waals surface area contributed by atoms with Gasteiger partial charge < -0.3 is 5.11 Å². The molecule has 0 bridgehead atoms. The first-order valence-corrected chi connectivity index (χ1v) is 9.27. The number of para-hydroxylation sites is 2. The standard InChI is InChI=1S/C21H17N3OS/c25-19-14-8-7-13-18(19)20-22-23-21(24(20)17-11-5-2-6-12-17)26-15-16-9-3-1-4-10-16/h1-14,25H,15H2. The Kier molecular flexibility index (Phi) is 4.71. The molecule has 0 unspecified atom stereocenters. The van der Waals surface area contributed by atoms with Crippen LogP contribution in [0.15, 0.2) is 90.1 Å². The maximum absolute atomic E-state index is 10.3. The summed E-state index contributed by atoms with van der Waals surface area (Å²) in [6.07, 6.45) is 0. The topological polar surface area (TPSA) is 50.9 Å². The molecule has 128 valence electrons. The molecule has 4 aromatic rings. The van der Waals surface area contributed by atoms with Crippen LogP contribution in [0, 0.1) is 0 Å². The van der Waals surface area contributed by atoms with Crippen molar-refractivity contribution < 1.29 is 5.11 Å². The van der Waals surface area contributed by atoms with Gasteiger partial charge in [-0.3, -0.25) is 4.57 Å². The van der Waals surface area contributed by atoms with E-state index in [2.05, 4.69) is 22.3 Å². The van der Waals surface area contributed by atoms with Crippen LogP contribution < -0.4 is 0 Å². The van der Waals surface area contributed by atoms with E-state index >= 15 is 0 Å². The summed E-state index contributed by atoms with van der Waals surface area (Å²) in [6.45, 7) is 0. The Balaban J connectivity index is 1.76. The molecular weight excluding hydrogens is 342 g/mol. The summed E-state index contributed by atoms with van der Waals surface area (Å²) < 4.78 is 1.99. The van der Waals surface area contributed by atoms with Crippen molar-refractivity contribution in [2.45, 2.75) is 10.9 Å². The zero-order chi connectivity index (χ0) is 17.8. The van der Waals surface area contributed by atoms with E-state index in [0.717, 1.165) is 16.6 Å². The third-order valence-corrected chi connectivity index (χ3v) is 5.00. The van der Waals surface area contributed by atoms with Gasteiger partial charge in [-0.15, -0.1) is 10.2 Å². The van der Waals surface area contributed by atoms with E-state index in [1.165, 1.54) is 5.56 Å². The first-order chi connectivity index (χ1) is 12.8. The molecular formula is C21H17N3OS. The highest BCUT2D eigenvalue weighted by atomic mass is 32.2. The molecule has 0 radical (unpaired) electrons. The van der Waals surface area contributed by atoms with Crippen molar-refractivity contribution in [1.82, 2.24) is 14.8 Å². The fraction of sp³-hybridized carbons (Fsp3) is 0.0476. The van der Waals surface area contributed by atoms with Gasteiger partial charge in [0.1, 0.15) is 5.75 Å². The largest absolute Gasteiger partial charge is 0.507 e. The van der Waals surface area contributed by atoms with Crippen molar-refractivity contribution in [3.05, 3.63) is 90.5 Å². The third kappa shape index (κ3) is 3.34. The fourth-order valence-corrected chi connectivity index (χ4v) is 3.64. The van der Waals surface area contributed by atoms with Gasteiger partial charge in [0, 0.05) is 11.4 Å². The molecule has 3 aromatic carbocycles. The summed E-state index contributed by atoms with van der Waals surface area (Å²) in [5.41, 5.74) is 2.85. The molecule has 5 heteroatoms. The number of rotatable bonds is 5. The second-order valence-electron chi connectivity index (χ2n) is 5.77. The lowest BCUT2D eigenvalue weighted by atomic mass is 10.2. The van der Waals surface area contributed by atoms with E-state index in [9.17, 15) is 5.11 Å². The van der Waals surface area contributed by atoms with Crippen LogP contribution in [-0.2, 0) is 5.75 Å². The minimum atomic E-state index is 0.191. The molecule has 0 aliphatic heterocycles. The zero-order valence-electron chi connectivity index (χ0n) is 14.0. The van der Waals surface area contributed by atoms with Gasteiger partial charge in [0.05, 0.1) is 5.56 Å². The molecule has 1 aromatic heterocycles. The molecule has 26 heavy (non-hydrogen) atoms. The Morgan fingerprint density at radius 2 is 1.42 bits per heavy atom. The number of aromatic nitrogens is 3. The molecule has 0 saturated carbocycles. The molecule has 1 heterocycles. The van der Waals surface area contributed by atoms with Crippen LogP contribution in [-0.4, -0.2) is 19.9 Å². The lowest BCUT2D eigenvalue weighted by Gasteiger charge is -2.11. The van der Waals surface area contributed by atoms with Gasteiger partial charge in [-0.25, -0.2) is 0 Å². The molecule has 0 spiro atoms. The average Bonchev–Trinajstić information content (AvgIpc) is 3.12. The number of hydrogen-bond donors (Lipinski definition) is 1. The van der Waals surface area contributed by atoms with E-state index < -0.39 is 0 Å². The summed E-state index contributed by atoms with van der Waals surface area (Å²) in [5.74, 6) is 1.62. The van der Waals surface area contributed by atoms with Gasteiger partial charge in [0.15, 0.2) is 11.0 Å². The van der Waals surface area contributed by atoms with Crippen LogP contribution in [0.25, 0.3) is 17.1 Å². The minimum Gasteiger partial charge on any atom is -0.507 e. The molecule has 1 N–H and O–H groups in total. The number of thioether (sulfide) groups is 1. The van der Waals surface area contributed by atoms with Crippen LogP contribution in [0.4, 0.5) is 0 Å². The molecule has 0 atom stereocenters. The van der Waals surface area contributed by atoms with Crippen molar-refractivity contribution in [3.8, 4) is 22.8 Å². The molecule has 0 saturated heterocycles. The van der Waals surface area contributed by atoms with Gasteiger partial charge in [-0.1, -0.05) is 72.4 Å². The Morgan fingerprint density at radius 1 is 0.769 bits per heavy atom. The second kappa shape index (κ2) is 7.45. The lowest BCUT2D eigenvalue weighted by Crippen LogP contribution is -1.99. The van der Waals surface area contributed by atoms with Crippen LogP contribution in [0.3, 0.4) is 0 Å². The highest BCUT2D eigenvalue weighted by Crippen LogP contribution is 2.33. The van der Waals surface area contributed by atoms with Crippen molar-refractivity contribution in [2.75, 3.05) is 0 Å². The highest BCUT2D eigenvalue weighted by Gasteiger charge is 2.18. The van der Waals surface area contributed by atoms with Gasteiger partial charge in [-0.05, 0) is 29.8 Å². The quantitative estimate of drug-likeness (QED) is 0.513. The van der Waals surface area contributed by atoms with Crippen molar-refractivity contribution in [3.63, 3.8) is 0 Å². The molecule has 0 fully saturated rings. The maximum atomic E-state index is 10.3. The maximum Gasteiger partial charge on any atom is 0.196 e. The Bertz CT molecular complexity index is 1000. The minimum absolute atomic E-state index is 0.191. The second-order valence-corrected chi connectivity index (χ2v) is 6.71. The summed E-state index contributed by atoms with van der Waals surface area (Å²) in [5, 5.41) is 19.8. The van der Waals surface area contributed by atoms with Crippen LogP contribution in [0.1, 0.15) is 5.56 Å². The van der Waals surface area contributed by atoms with Crippen LogP contribution in [0.5, 0.6) is 5.75 Å². The number of phenols is 1. The van der Waals surface area contributed by atoms with E-state index in [1.54, 1.807) is 23.9 Å². The van der Waals surface area contributed by atoms with E-state index in [-0.39, 0.29) is 5.75 Å². The summed E-state index contributed by atoms with van der Waals surface area (Å²) in [7, 11) is 0. The first kappa shape index (κ1) is 16.4. The number of benzene rings is 3. The Morgan fingerprint density at radius 3 is 2.15 bits per heavy atom. The number of phenolic OH excluding ortho intramolecular Hbond substituents is 1. The first-order valence-electron chi connectivity index (χ1n) is 8.29. The van der Waals surface area contributed by atoms with Crippen LogP contribution >= 0.6 is 11.8 Å². The third-order valence-electron chi connectivity index (χ3n) is 4.00. The molecule has 0 aliphatic rings. The highest BCUT2D eigenvalue weighted by molar-refractivity contribution is 7.98. The van der Waals surface area contributed by atoms with E-state index in [4.69, 9.17) is 0 Å². The predicted octanol–water partition coefficient (Wildman–Crippen LogP) is 4.93. The van der Waals surface area contributed by atoms with Crippen molar-refractivity contribution in [2.24, 2.45) is 0 Å². The molecule has 0 aliphatic carbocycles. The number of hydrogen-bond acceptors (Lipinski definition) is 4. The molecule has 4 nitrogen and oxygen atoms in total. The average molecular weight is 359 g/mol. The molecule has 4 rings (SSSR count). The summed E-state index contributed by atoms with van der Waals surface area (Å²) in [4.78, 5) is 0. The Hall–Kier alpha value is -3.05.